The van der Waals surface area contributed by atoms with Crippen LogP contribution in [0.2, 0.25) is 0 Å². The van der Waals surface area contributed by atoms with Gasteiger partial charge in [-0.05, 0) is 6.07 Å². The second-order valence-electron chi connectivity index (χ2n) is 2.76. The Labute approximate surface area is 76.8 Å². The maximum atomic E-state index is 5.49. The minimum Gasteiger partial charge on any atom is -0.378 e. The number of ether oxygens (including phenoxy) is 1. The highest BCUT2D eigenvalue weighted by molar-refractivity contribution is 6.30. The zero-order chi connectivity index (χ0) is 9.26. The third-order valence-corrected chi connectivity index (χ3v) is 1.71. The average molecular weight is 173 g/mol. The van der Waals surface area contributed by atoms with E-state index >= 15 is 0 Å². The Balaban J connectivity index is 2.49. The van der Waals surface area contributed by atoms with Crippen LogP contribution >= 0.6 is 0 Å². The lowest BCUT2D eigenvalue weighted by Crippen LogP contribution is -2.07. The topological polar surface area (TPSA) is 50.8 Å². The molecule has 0 atom stereocenters. The maximum absolute atomic E-state index is 5.49. The normalized spacial score (nSPS) is 10.8. The van der Waals surface area contributed by atoms with Crippen LogP contribution < -0.4 is 5.59 Å². The molecular formula is C8H8BN3O. The van der Waals surface area contributed by atoms with Crippen LogP contribution in [0.5, 0.6) is 0 Å². The van der Waals surface area contributed by atoms with E-state index in [0.717, 1.165) is 16.9 Å². The van der Waals surface area contributed by atoms with Crippen molar-refractivity contribution in [1.29, 1.82) is 0 Å². The van der Waals surface area contributed by atoms with E-state index in [0.29, 0.717) is 12.2 Å². The standard InChI is InChI=1S/C8H8BN3O/c1-13-4-5-2-6-8(11-5)10-3-7(9)12-6/h2-3H,4H2,1H3,(H,10,11). The molecule has 0 aliphatic heterocycles. The molecule has 0 amide bonds. The predicted octanol–water partition coefficient (Wildman–Crippen LogP) is -0.102. The van der Waals surface area contributed by atoms with Crippen molar-refractivity contribution in [3.8, 4) is 0 Å². The number of nitrogens with zero attached hydrogens (tertiary/aromatic N) is 2. The first kappa shape index (κ1) is 8.25. The lowest BCUT2D eigenvalue weighted by Gasteiger charge is -1.91. The Kier molecular flexibility index (Phi) is 2.02. The van der Waals surface area contributed by atoms with E-state index in [1.54, 1.807) is 7.11 Å². The SMILES string of the molecule is [B]c1cnc2[nH]c(COC)cc2n1. The van der Waals surface area contributed by atoms with E-state index in [1.807, 2.05) is 6.07 Å². The summed E-state index contributed by atoms with van der Waals surface area (Å²) < 4.78 is 4.97. The lowest BCUT2D eigenvalue weighted by atomic mass is 10.1. The molecule has 0 spiro atoms. The first-order chi connectivity index (χ1) is 6.29. The van der Waals surface area contributed by atoms with E-state index < -0.39 is 0 Å². The number of rotatable bonds is 2. The Hall–Kier alpha value is -1.36. The van der Waals surface area contributed by atoms with E-state index in [4.69, 9.17) is 12.6 Å². The highest BCUT2D eigenvalue weighted by Crippen LogP contribution is 2.08. The molecule has 0 saturated carbocycles. The summed E-state index contributed by atoms with van der Waals surface area (Å²) in [4.78, 5) is 11.3. The van der Waals surface area contributed by atoms with Gasteiger partial charge in [-0.15, -0.1) is 0 Å². The summed E-state index contributed by atoms with van der Waals surface area (Å²) in [5.74, 6) is 0. The molecular weight excluding hydrogens is 165 g/mol. The molecule has 0 fully saturated rings. The van der Waals surface area contributed by atoms with Gasteiger partial charge in [0.15, 0.2) is 5.65 Å². The van der Waals surface area contributed by atoms with Crippen molar-refractivity contribution in [2.24, 2.45) is 0 Å². The van der Waals surface area contributed by atoms with Gasteiger partial charge in [0.05, 0.1) is 6.61 Å². The van der Waals surface area contributed by atoms with Gasteiger partial charge in [0.2, 0.25) is 0 Å². The number of methoxy groups -OCH3 is 1. The van der Waals surface area contributed by atoms with Crippen LogP contribution in [-0.4, -0.2) is 29.9 Å². The van der Waals surface area contributed by atoms with Gasteiger partial charge in [-0.2, -0.15) is 0 Å². The van der Waals surface area contributed by atoms with Crippen molar-refractivity contribution in [3.63, 3.8) is 0 Å². The van der Waals surface area contributed by atoms with Crippen LogP contribution in [0.15, 0.2) is 12.3 Å². The summed E-state index contributed by atoms with van der Waals surface area (Å²) in [7, 11) is 7.13. The van der Waals surface area contributed by atoms with E-state index in [9.17, 15) is 0 Å². The molecule has 4 nitrogen and oxygen atoms in total. The molecule has 0 bridgehead atoms. The zero-order valence-electron chi connectivity index (χ0n) is 7.24. The summed E-state index contributed by atoms with van der Waals surface area (Å²) >= 11 is 0. The molecule has 5 heteroatoms. The Morgan fingerprint density at radius 1 is 1.62 bits per heavy atom. The molecule has 13 heavy (non-hydrogen) atoms. The van der Waals surface area contributed by atoms with Crippen LogP contribution in [0.25, 0.3) is 11.2 Å². The molecule has 0 aliphatic carbocycles. The molecule has 2 aromatic heterocycles. The highest BCUT2D eigenvalue weighted by atomic mass is 16.5. The number of H-pyrrole nitrogens is 1. The Morgan fingerprint density at radius 2 is 2.46 bits per heavy atom. The lowest BCUT2D eigenvalue weighted by molar-refractivity contribution is 0.182. The third kappa shape index (κ3) is 1.55. The molecule has 0 unspecified atom stereocenters. The highest BCUT2D eigenvalue weighted by Gasteiger charge is 2.01. The number of nitrogens with one attached hydrogen (secondary N) is 1. The van der Waals surface area contributed by atoms with Crippen molar-refractivity contribution >= 4 is 24.6 Å². The second kappa shape index (κ2) is 3.18. The molecule has 0 aliphatic rings. The van der Waals surface area contributed by atoms with Crippen LogP contribution in [0.4, 0.5) is 0 Å². The number of fused-ring (bicyclic) bond motifs is 1. The fraction of sp³-hybridized carbons (Fsp3) is 0.250. The minimum absolute atomic E-state index is 0.426. The van der Waals surface area contributed by atoms with Crippen molar-refractivity contribution in [3.05, 3.63) is 18.0 Å². The molecule has 0 saturated heterocycles. The Bertz CT molecular complexity index is 426. The van der Waals surface area contributed by atoms with Crippen molar-refractivity contribution in [2.45, 2.75) is 6.61 Å². The molecule has 0 aromatic carbocycles. The van der Waals surface area contributed by atoms with Gasteiger partial charge in [0.25, 0.3) is 0 Å². The van der Waals surface area contributed by atoms with Crippen molar-refractivity contribution in [1.82, 2.24) is 15.0 Å². The van der Waals surface area contributed by atoms with Gasteiger partial charge in [-0.3, -0.25) is 4.98 Å². The van der Waals surface area contributed by atoms with Crippen LogP contribution in [0.3, 0.4) is 0 Å². The third-order valence-electron chi connectivity index (χ3n) is 1.71. The maximum Gasteiger partial charge on any atom is 0.156 e. The van der Waals surface area contributed by atoms with E-state index in [1.165, 1.54) is 6.20 Å². The summed E-state index contributed by atoms with van der Waals surface area (Å²) in [6, 6.07) is 1.88. The first-order valence-electron chi connectivity index (χ1n) is 3.88. The molecule has 2 rings (SSSR count). The van der Waals surface area contributed by atoms with Crippen LogP contribution in [0, 0.1) is 0 Å². The van der Waals surface area contributed by atoms with Gasteiger partial charge >= 0.3 is 0 Å². The molecule has 2 radical (unpaired) electrons. The fourth-order valence-electron chi connectivity index (χ4n) is 1.20. The summed E-state index contributed by atoms with van der Waals surface area (Å²) in [5.41, 5.74) is 2.88. The second-order valence-corrected chi connectivity index (χ2v) is 2.76. The monoisotopic (exact) mass is 173 g/mol. The van der Waals surface area contributed by atoms with E-state index in [2.05, 4.69) is 15.0 Å². The van der Waals surface area contributed by atoms with Crippen molar-refractivity contribution in [2.75, 3.05) is 7.11 Å². The summed E-state index contributed by atoms with van der Waals surface area (Å²) in [6.45, 7) is 0.526. The van der Waals surface area contributed by atoms with Crippen LogP contribution in [-0.2, 0) is 11.3 Å². The fourth-order valence-corrected chi connectivity index (χ4v) is 1.20. The van der Waals surface area contributed by atoms with Gasteiger partial charge in [-0.1, -0.05) is 0 Å². The number of aromatic amines is 1. The average Bonchev–Trinajstić information content (AvgIpc) is 2.46. The zero-order valence-corrected chi connectivity index (χ0v) is 7.24. The molecule has 64 valence electrons. The Morgan fingerprint density at radius 3 is 3.23 bits per heavy atom. The number of aromatic nitrogens is 3. The number of hydrogen-bond donors (Lipinski definition) is 1. The molecule has 1 N–H and O–H groups in total. The van der Waals surface area contributed by atoms with E-state index in [-0.39, 0.29) is 0 Å². The summed E-state index contributed by atoms with van der Waals surface area (Å²) in [5, 5.41) is 0. The van der Waals surface area contributed by atoms with Gasteiger partial charge in [-0.25, -0.2) is 4.98 Å². The van der Waals surface area contributed by atoms with Gasteiger partial charge in [0, 0.05) is 24.6 Å². The van der Waals surface area contributed by atoms with Crippen LogP contribution in [0.1, 0.15) is 5.69 Å². The van der Waals surface area contributed by atoms with Gasteiger partial charge < -0.3 is 9.72 Å². The predicted molar refractivity (Wildman–Crippen MR) is 50.0 cm³/mol. The smallest absolute Gasteiger partial charge is 0.156 e. The largest absolute Gasteiger partial charge is 0.378 e. The molecule has 2 aromatic rings. The quantitative estimate of drug-likeness (QED) is 0.645. The molecule has 2 heterocycles. The van der Waals surface area contributed by atoms with Crippen molar-refractivity contribution < 1.29 is 4.74 Å². The van der Waals surface area contributed by atoms with Gasteiger partial charge in [0.1, 0.15) is 13.4 Å². The summed E-state index contributed by atoms with van der Waals surface area (Å²) in [6.07, 6.45) is 1.52. The first-order valence-corrected chi connectivity index (χ1v) is 3.88. The minimum atomic E-state index is 0.426. The number of hydrogen-bond acceptors (Lipinski definition) is 3.